The molecule has 1 saturated heterocycles. The molecule has 16 heavy (non-hydrogen) atoms. The van der Waals surface area contributed by atoms with Gasteiger partial charge in [-0.1, -0.05) is 6.92 Å². The van der Waals surface area contributed by atoms with Crippen LogP contribution in [0.15, 0.2) is 0 Å². The lowest BCUT2D eigenvalue weighted by molar-refractivity contribution is -0.146. The van der Waals surface area contributed by atoms with Crippen LogP contribution in [0.5, 0.6) is 0 Å². The summed E-state index contributed by atoms with van der Waals surface area (Å²) >= 11 is 0. The molecule has 94 valence electrons. The van der Waals surface area contributed by atoms with Crippen LogP contribution in [0.2, 0.25) is 0 Å². The van der Waals surface area contributed by atoms with Crippen LogP contribution in [0.25, 0.3) is 0 Å². The second-order valence-electron chi connectivity index (χ2n) is 4.29. The molecule has 1 amide bonds. The van der Waals surface area contributed by atoms with Crippen molar-refractivity contribution in [3.05, 3.63) is 0 Å². The van der Waals surface area contributed by atoms with Gasteiger partial charge in [0.2, 0.25) is 5.91 Å². The van der Waals surface area contributed by atoms with Crippen molar-refractivity contribution in [3.8, 4) is 0 Å². The smallest absolute Gasteiger partial charge is 0.248 e. The molecular formula is C11H22N2O3. The zero-order valence-corrected chi connectivity index (χ0v) is 10.2. The third-order valence-corrected chi connectivity index (χ3v) is 3.09. The molecule has 1 aliphatic heterocycles. The highest BCUT2D eigenvalue weighted by Gasteiger charge is 2.24. The first-order valence-electron chi connectivity index (χ1n) is 5.81. The van der Waals surface area contributed by atoms with Gasteiger partial charge in [0.15, 0.2) is 0 Å². The van der Waals surface area contributed by atoms with Crippen LogP contribution < -0.4 is 5.73 Å². The first-order chi connectivity index (χ1) is 7.61. The van der Waals surface area contributed by atoms with Crippen molar-refractivity contribution in [2.75, 3.05) is 39.5 Å². The SMILES string of the molecule is CCC(C)(CN)OCC(=O)N1CCOCC1. The predicted octanol–water partition coefficient (Wildman–Crippen LogP) is -0.0108. The van der Waals surface area contributed by atoms with Crippen LogP contribution >= 0.6 is 0 Å². The van der Waals surface area contributed by atoms with E-state index in [1.807, 2.05) is 13.8 Å². The van der Waals surface area contributed by atoms with E-state index >= 15 is 0 Å². The maximum atomic E-state index is 11.8. The number of hydrogen-bond acceptors (Lipinski definition) is 4. The highest BCUT2D eigenvalue weighted by molar-refractivity contribution is 5.77. The number of hydrogen-bond donors (Lipinski definition) is 1. The lowest BCUT2D eigenvalue weighted by Crippen LogP contribution is -2.45. The molecule has 0 aromatic rings. The number of rotatable bonds is 5. The van der Waals surface area contributed by atoms with E-state index in [1.54, 1.807) is 4.90 Å². The van der Waals surface area contributed by atoms with E-state index < -0.39 is 0 Å². The molecule has 1 atom stereocenters. The molecule has 1 unspecified atom stereocenters. The first kappa shape index (κ1) is 13.4. The van der Waals surface area contributed by atoms with E-state index in [9.17, 15) is 4.79 Å². The Balaban J connectivity index is 2.33. The number of morpholine rings is 1. The fraction of sp³-hybridized carbons (Fsp3) is 0.909. The molecule has 0 saturated carbocycles. The summed E-state index contributed by atoms with van der Waals surface area (Å²) in [4.78, 5) is 13.6. The fourth-order valence-corrected chi connectivity index (χ4v) is 1.45. The molecule has 2 N–H and O–H groups in total. The number of amides is 1. The fourth-order valence-electron chi connectivity index (χ4n) is 1.45. The molecule has 1 rings (SSSR count). The minimum Gasteiger partial charge on any atom is -0.378 e. The van der Waals surface area contributed by atoms with E-state index in [4.69, 9.17) is 15.2 Å². The van der Waals surface area contributed by atoms with Gasteiger partial charge in [0, 0.05) is 19.6 Å². The zero-order chi connectivity index (χ0) is 12.0. The number of carbonyl (C=O) groups excluding carboxylic acids is 1. The molecule has 5 nitrogen and oxygen atoms in total. The van der Waals surface area contributed by atoms with Crippen LogP contribution in [-0.2, 0) is 14.3 Å². The summed E-state index contributed by atoms with van der Waals surface area (Å²) in [6, 6.07) is 0. The van der Waals surface area contributed by atoms with Gasteiger partial charge in [0.05, 0.1) is 18.8 Å². The Kier molecular flexibility index (Phi) is 5.18. The maximum absolute atomic E-state index is 11.8. The average Bonchev–Trinajstić information content (AvgIpc) is 2.36. The van der Waals surface area contributed by atoms with E-state index in [-0.39, 0.29) is 18.1 Å². The van der Waals surface area contributed by atoms with Crippen LogP contribution in [0.4, 0.5) is 0 Å². The van der Waals surface area contributed by atoms with Crippen molar-refractivity contribution < 1.29 is 14.3 Å². The quantitative estimate of drug-likeness (QED) is 0.721. The second-order valence-corrected chi connectivity index (χ2v) is 4.29. The van der Waals surface area contributed by atoms with Crippen molar-refractivity contribution in [1.82, 2.24) is 4.90 Å². The van der Waals surface area contributed by atoms with E-state index in [0.29, 0.717) is 32.8 Å². The summed E-state index contributed by atoms with van der Waals surface area (Å²) in [7, 11) is 0. The normalized spacial score (nSPS) is 20.6. The molecule has 1 aliphatic rings. The largest absolute Gasteiger partial charge is 0.378 e. The van der Waals surface area contributed by atoms with Gasteiger partial charge in [0.25, 0.3) is 0 Å². The van der Waals surface area contributed by atoms with Gasteiger partial charge in [-0.2, -0.15) is 0 Å². The third kappa shape index (κ3) is 3.73. The van der Waals surface area contributed by atoms with Crippen LogP contribution in [0.1, 0.15) is 20.3 Å². The maximum Gasteiger partial charge on any atom is 0.248 e. The Bertz CT molecular complexity index is 223. The average molecular weight is 230 g/mol. The van der Waals surface area contributed by atoms with Gasteiger partial charge in [-0.25, -0.2) is 0 Å². The molecule has 0 aromatic carbocycles. The van der Waals surface area contributed by atoms with Crippen LogP contribution in [0, 0.1) is 0 Å². The lowest BCUT2D eigenvalue weighted by Gasteiger charge is -2.30. The Morgan fingerprint density at radius 1 is 1.50 bits per heavy atom. The standard InChI is InChI=1S/C11H22N2O3/c1-3-11(2,9-12)16-8-10(14)13-4-6-15-7-5-13/h3-9,12H2,1-2H3. The third-order valence-electron chi connectivity index (χ3n) is 3.09. The zero-order valence-electron chi connectivity index (χ0n) is 10.2. The molecule has 1 heterocycles. The van der Waals surface area contributed by atoms with Crippen LogP contribution in [0.3, 0.4) is 0 Å². The lowest BCUT2D eigenvalue weighted by atomic mass is 10.0. The first-order valence-corrected chi connectivity index (χ1v) is 5.81. The topological polar surface area (TPSA) is 64.8 Å². The van der Waals surface area contributed by atoms with Gasteiger partial charge in [-0.3, -0.25) is 4.79 Å². The molecular weight excluding hydrogens is 208 g/mol. The number of ether oxygens (including phenoxy) is 2. The molecule has 0 spiro atoms. The monoisotopic (exact) mass is 230 g/mol. The number of carbonyl (C=O) groups is 1. The minimum absolute atomic E-state index is 0.0245. The van der Waals surface area contributed by atoms with Crippen LogP contribution in [-0.4, -0.2) is 55.9 Å². The highest BCUT2D eigenvalue weighted by atomic mass is 16.5. The molecule has 1 fully saturated rings. The van der Waals surface area contributed by atoms with Crippen molar-refractivity contribution in [3.63, 3.8) is 0 Å². The summed E-state index contributed by atoms with van der Waals surface area (Å²) in [6.07, 6.45) is 0.805. The highest BCUT2D eigenvalue weighted by Crippen LogP contribution is 2.13. The minimum atomic E-state index is -0.387. The van der Waals surface area contributed by atoms with E-state index in [2.05, 4.69) is 0 Å². The molecule has 5 heteroatoms. The summed E-state index contributed by atoms with van der Waals surface area (Å²) in [5, 5.41) is 0. The summed E-state index contributed by atoms with van der Waals surface area (Å²) in [6.45, 7) is 7.04. The van der Waals surface area contributed by atoms with Crippen molar-refractivity contribution in [2.45, 2.75) is 25.9 Å². The Morgan fingerprint density at radius 2 is 2.12 bits per heavy atom. The van der Waals surface area contributed by atoms with Crippen molar-refractivity contribution >= 4 is 5.91 Å². The number of nitrogens with two attached hydrogens (primary N) is 1. The van der Waals surface area contributed by atoms with Gasteiger partial charge >= 0.3 is 0 Å². The van der Waals surface area contributed by atoms with Crippen molar-refractivity contribution in [2.24, 2.45) is 5.73 Å². The van der Waals surface area contributed by atoms with E-state index in [0.717, 1.165) is 6.42 Å². The summed E-state index contributed by atoms with van der Waals surface area (Å²) < 4.78 is 10.8. The number of nitrogens with zero attached hydrogens (tertiary/aromatic N) is 1. The molecule has 0 radical (unpaired) electrons. The van der Waals surface area contributed by atoms with E-state index in [1.165, 1.54) is 0 Å². The second kappa shape index (κ2) is 6.18. The summed E-state index contributed by atoms with van der Waals surface area (Å²) in [5.41, 5.74) is 5.23. The molecule has 0 aliphatic carbocycles. The predicted molar refractivity (Wildman–Crippen MR) is 61.1 cm³/mol. The van der Waals surface area contributed by atoms with Gasteiger partial charge in [0.1, 0.15) is 6.61 Å². The Labute approximate surface area is 96.9 Å². The van der Waals surface area contributed by atoms with Crippen molar-refractivity contribution in [1.29, 1.82) is 0 Å². The summed E-state index contributed by atoms with van der Waals surface area (Å²) in [5.74, 6) is 0.0245. The molecule has 0 bridgehead atoms. The van der Waals surface area contributed by atoms with Gasteiger partial charge in [-0.15, -0.1) is 0 Å². The Hall–Kier alpha value is -0.650. The molecule has 0 aromatic heterocycles. The van der Waals surface area contributed by atoms with Gasteiger partial charge in [-0.05, 0) is 13.3 Å². The Morgan fingerprint density at radius 3 is 2.62 bits per heavy atom. The van der Waals surface area contributed by atoms with Gasteiger partial charge < -0.3 is 20.1 Å².